The quantitative estimate of drug-likeness (QED) is 0.881. The van der Waals surface area contributed by atoms with Crippen LogP contribution < -0.4 is 10.2 Å². The number of halogens is 1. The van der Waals surface area contributed by atoms with E-state index in [0.29, 0.717) is 5.56 Å². The lowest BCUT2D eigenvalue weighted by Gasteiger charge is -2.18. The minimum Gasteiger partial charge on any atom is -0.371 e. The zero-order valence-corrected chi connectivity index (χ0v) is 11.6. The Balaban J connectivity index is 1.73. The van der Waals surface area contributed by atoms with Crippen LogP contribution in [0.15, 0.2) is 42.6 Å². The van der Waals surface area contributed by atoms with Gasteiger partial charge in [-0.1, -0.05) is 6.07 Å². The van der Waals surface area contributed by atoms with E-state index in [0.717, 1.165) is 24.5 Å². The second-order valence-corrected chi connectivity index (χ2v) is 5.07. The smallest absolute Gasteiger partial charge is 0.257 e. The lowest BCUT2D eigenvalue weighted by Crippen LogP contribution is -2.18. The van der Waals surface area contributed by atoms with Crippen LogP contribution in [0.5, 0.6) is 0 Å². The SMILES string of the molecule is O=C(Nc1cccc(N2CCCC2)c1)c1ccc(F)nc1. The molecule has 1 amide bonds. The highest BCUT2D eigenvalue weighted by molar-refractivity contribution is 6.04. The van der Waals surface area contributed by atoms with Crippen molar-refractivity contribution in [2.24, 2.45) is 0 Å². The summed E-state index contributed by atoms with van der Waals surface area (Å²) >= 11 is 0. The van der Waals surface area contributed by atoms with E-state index in [1.807, 2.05) is 24.3 Å². The maximum Gasteiger partial charge on any atom is 0.257 e. The summed E-state index contributed by atoms with van der Waals surface area (Å²) in [6, 6.07) is 10.4. The molecule has 108 valence electrons. The van der Waals surface area contributed by atoms with Crippen LogP contribution >= 0.6 is 0 Å². The van der Waals surface area contributed by atoms with Gasteiger partial charge in [0.25, 0.3) is 5.91 Å². The topological polar surface area (TPSA) is 45.2 Å². The number of carbonyl (C=O) groups is 1. The largest absolute Gasteiger partial charge is 0.371 e. The Morgan fingerprint density at radius 3 is 2.71 bits per heavy atom. The molecule has 2 heterocycles. The molecule has 0 unspecified atom stereocenters. The summed E-state index contributed by atoms with van der Waals surface area (Å²) in [4.78, 5) is 17.9. The maximum absolute atomic E-state index is 12.8. The lowest BCUT2D eigenvalue weighted by atomic mass is 10.2. The highest BCUT2D eigenvalue weighted by atomic mass is 19.1. The summed E-state index contributed by atoms with van der Waals surface area (Å²) in [6.07, 6.45) is 3.64. The first-order valence-electron chi connectivity index (χ1n) is 7.00. The van der Waals surface area contributed by atoms with Crippen LogP contribution in [-0.2, 0) is 0 Å². The van der Waals surface area contributed by atoms with Crippen molar-refractivity contribution in [3.63, 3.8) is 0 Å². The van der Waals surface area contributed by atoms with E-state index >= 15 is 0 Å². The molecule has 1 fully saturated rings. The zero-order valence-electron chi connectivity index (χ0n) is 11.6. The zero-order chi connectivity index (χ0) is 14.7. The van der Waals surface area contributed by atoms with E-state index in [1.54, 1.807) is 0 Å². The fraction of sp³-hybridized carbons (Fsp3) is 0.250. The molecule has 5 heteroatoms. The molecule has 0 atom stereocenters. The number of benzene rings is 1. The molecule has 1 saturated heterocycles. The van der Waals surface area contributed by atoms with Gasteiger partial charge in [-0.05, 0) is 43.2 Å². The van der Waals surface area contributed by atoms with Gasteiger partial charge in [0.2, 0.25) is 5.95 Å². The molecule has 4 nitrogen and oxygen atoms in total. The number of anilines is 2. The summed E-state index contributed by atoms with van der Waals surface area (Å²) in [5.74, 6) is -0.886. The predicted molar refractivity (Wildman–Crippen MR) is 80.0 cm³/mol. The van der Waals surface area contributed by atoms with E-state index in [1.165, 1.54) is 31.2 Å². The first-order valence-corrected chi connectivity index (χ1v) is 7.00. The number of nitrogens with one attached hydrogen (secondary N) is 1. The minimum atomic E-state index is -0.595. The molecular weight excluding hydrogens is 269 g/mol. The van der Waals surface area contributed by atoms with Gasteiger partial charge in [-0.3, -0.25) is 4.79 Å². The van der Waals surface area contributed by atoms with Gasteiger partial charge in [0, 0.05) is 30.7 Å². The summed E-state index contributed by atoms with van der Waals surface area (Å²) in [6.45, 7) is 2.11. The maximum atomic E-state index is 12.8. The number of amides is 1. The molecule has 1 aliphatic heterocycles. The van der Waals surface area contributed by atoms with Crippen molar-refractivity contribution in [2.75, 3.05) is 23.3 Å². The number of aromatic nitrogens is 1. The first-order chi connectivity index (χ1) is 10.2. The van der Waals surface area contributed by atoms with Crippen molar-refractivity contribution in [3.05, 3.63) is 54.1 Å². The van der Waals surface area contributed by atoms with Crippen LogP contribution in [0.1, 0.15) is 23.2 Å². The Kier molecular flexibility index (Phi) is 3.81. The van der Waals surface area contributed by atoms with Crippen molar-refractivity contribution in [3.8, 4) is 0 Å². The molecule has 1 aromatic carbocycles. The van der Waals surface area contributed by atoms with Crippen LogP contribution in [0.2, 0.25) is 0 Å². The highest BCUT2D eigenvalue weighted by Crippen LogP contribution is 2.23. The Bertz CT molecular complexity index is 636. The van der Waals surface area contributed by atoms with Gasteiger partial charge >= 0.3 is 0 Å². The van der Waals surface area contributed by atoms with Gasteiger partial charge in [-0.15, -0.1) is 0 Å². The molecule has 0 saturated carbocycles. The number of carbonyl (C=O) groups excluding carboxylic acids is 1. The van der Waals surface area contributed by atoms with Crippen molar-refractivity contribution in [1.29, 1.82) is 0 Å². The van der Waals surface area contributed by atoms with E-state index < -0.39 is 5.95 Å². The molecular formula is C16H16FN3O. The molecule has 0 spiro atoms. The average molecular weight is 285 g/mol. The summed E-state index contributed by atoms with van der Waals surface area (Å²) < 4.78 is 12.8. The van der Waals surface area contributed by atoms with Crippen LogP contribution in [0.4, 0.5) is 15.8 Å². The monoisotopic (exact) mass is 285 g/mol. The van der Waals surface area contributed by atoms with E-state index in [4.69, 9.17) is 0 Å². The third-order valence-corrected chi connectivity index (χ3v) is 3.56. The third kappa shape index (κ3) is 3.18. The standard InChI is InChI=1S/C16H16FN3O/c17-15-7-6-12(11-18-15)16(21)19-13-4-3-5-14(10-13)20-8-1-2-9-20/h3-7,10-11H,1-2,8-9H2,(H,19,21). The van der Waals surface area contributed by atoms with Crippen LogP contribution in [0.3, 0.4) is 0 Å². The van der Waals surface area contributed by atoms with Crippen molar-refractivity contribution in [1.82, 2.24) is 4.98 Å². The lowest BCUT2D eigenvalue weighted by molar-refractivity contribution is 0.102. The van der Waals surface area contributed by atoms with E-state index in [-0.39, 0.29) is 5.91 Å². The van der Waals surface area contributed by atoms with Gasteiger partial charge in [0.05, 0.1) is 5.56 Å². The van der Waals surface area contributed by atoms with Crippen LogP contribution in [0, 0.1) is 5.95 Å². The van der Waals surface area contributed by atoms with Gasteiger partial charge in [-0.25, -0.2) is 4.98 Å². The number of pyridine rings is 1. The molecule has 1 aliphatic rings. The van der Waals surface area contributed by atoms with Crippen molar-refractivity contribution < 1.29 is 9.18 Å². The Morgan fingerprint density at radius 1 is 1.19 bits per heavy atom. The normalized spacial score (nSPS) is 14.2. The number of rotatable bonds is 3. The average Bonchev–Trinajstić information content (AvgIpc) is 3.02. The van der Waals surface area contributed by atoms with Crippen LogP contribution in [-0.4, -0.2) is 24.0 Å². The number of hydrogen-bond donors (Lipinski definition) is 1. The van der Waals surface area contributed by atoms with Gasteiger partial charge in [-0.2, -0.15) is 4.39 Å². The molecule has 21 heavy (non-hydrogen) atoms. The highest BCUT2D eigenvalue weighted by Gasteiger charge is 2.13. The van der Waals surface area contributed by atoms with Gasteiger partial charge < -0.3 is 10.2 Å². The van der Waals surface area contributed by atoms with Gasteiger partial charge in [0.15, 0.2) is 0 Å². The van der Waals surface area contributed by atoms with Crippen molar-refractivity contribution >= 4 is 17.3 Å². The number of nitrogens with zero attached hydrogens (tertiary/aromatic N) is 2. The molecule has 1 aromatic heterocycles. The fourth-order valence-electron chi connectivity index (χ4n) is 2.47. The van der Waals surface area contributed by atoms with Crippen molar-refractivity contribution in [2.45, 2.75) is 12.8 Å². The van der Waals surface area contributed by atoms with E-state index in [9.17, 15) is 9.18 Å². The fourth-order valence-corrected chi connectivity index (χ4v) is 2.47. The van der Waals surface area contributed by atoms with Gasteiger partial charge in [0.1, 0.15) is 0 Å². The molecule has 0 aliphatic carbocycles. The Morgan fingerprint density at radius 2 is 2.00 bits per heavy atom. The Hall–Kier alpha value is -2.43. The van der Waals surface area contributed by atoms with E-state index in [2.05, 4.69) is 15.2 Å². The Labute approximate surface area is 122 Å². The summed E-state index contributed by atoms with van der Waals surface area (Å²) in [7, 11) is 0. The number of hydrogen-bond acceptors (Lipinski definition) is 3. The molecule has 3 rings (SSSR count). The predicted octanol–water partition coefficient (Wildman–Crippen LogP) is 3.07. The third-order valence-electron chi connectivity index (χ3n) is 3.56. The molecule has 0 radical (unpaired) electrons. The first kappa shape index (κ1) is 13.5. The molecule has 0 bridgehead atoms. The molecule has 2 aromatic rings. The second-order valence-electron chi connectivity index (χ2n) is 5.07. The van der Waals surface area contributed by atoms with Crippen LogP contribution in [0.25, 0.3) is 0 Å². The summed E-state index contributed by atoms with van der Waals surface area (Å²) in [5.41, 5.74) is 2.18. The second kappa shape index (κ2) is 5.91. The summed E-state index contributed by atoms with van der Waals surface area (Å²) in [5, 5.41) is 2.81. The molecule has 1 N–H and O–H groups in total. The minimum absolute atomic E-state index is 0.291.